The third-order valence-corrected chi connectivity index (χ3v) is 3.20. The molecule has 1 heterocycles. The Morgan fingerprint density at radius 1 is 1.41 bits per heavy atom. The van der Waals surface area contributed by atoms with Gasteiger partial charge in [-0.05, 0) is 59.5 Å². The van der Waals surface area contributed by atoms with Gasteiger partial charge < -0.3 is 10.4 Å². The second-order valence-corrected chi connectivity index (χ2v) is 6.15. The molecular weight excluding hydrogens is 216 g/mol. The molecule has 100 valence electrons. The van der Waals surface area contributed by atoms with Gasteiger partial charge in [-0.2, -0.15) is 0 Å². The number of nitrogens with one attached hydrogen (secondary N) is 1. The fourth-order valence-corrected chi connectivity index (χ4v) is 2.25. The van der Waals surface area contributed by atoms with Gasteiger partial charge in [0.1, 0.15) is 0 Å². The van der Waals surface area contributed by atoms with Gasteiger partial charge in [0.05, 0.1) is 12.6 Å². The van der Waals surface area contributed by atoms with E-state index in [2.05, 4.69) is 10.2 Å². The van der Waals surface area contributed by atoms with E-state index in [4.69, 9.17) is 0 Å². The van der Waals surface area contributed by atoms with Gasteiger partial charge in [0.25, 0.3) is 0 Å². The minimum Gasteiger partial charge on any atom is -0.393 e. The van der Waals surface area contributed by atoms with Crippen molar-refractivity contribution in [3.8, 4) is 0 Å². The Morgan fingerprint density at radius 3 is 2.35 bits per heavy atom. The van der Waals surface area contributed by atoms with E-state index in [0.29, 0.717) is 12.5 Å². The third kappa shape index (κ3) is 5.50. The maximum absolute atomic E-state index is 11.7. The van der Waals surface area contributed by atoms with E-state index < -0.39 is 0 Å². The number of piperidine rings is 1. The zero-order valence-corrected chi connectivity index (χ0v) is 11.5. The largest absolute Gasteiger partial charge is 0.393 e. The summed E-state index contributed by atoms with van der Waals surface area (Å²) in [6.07, 6.45) is 1.75. The molecule has 1 aliphatic heterocycles. The number of hydrogen-bond donors (Lipinski definition) is 2. The topological polar surface area (TPSA) is 52.6 Å². The van der Waals surface area contributed by atoms with E-state index in [0.717, 1.165) is 25.9 Å². The lowest BCUT2D eigenvalue weighted by atomic mass is 9.92. The molecule has 0 spiro atoms. The van der Waals surface area contributed by atoms with E-state index in [1.54, 1.807) is 0 Å². The van der Waals surface area contributed by atoms with Gasteiger partial charge in [0.15, 0.2) is 0 Å². The lowest BCUT2D eigenvalue weighted by molar-refractivity contribution is -0.124. The molecular formula is C13H26N2O2. The molecule has 0 radical (unpaired) electrons. The molecule has 1 aliphatic rings. The SMILES string of the molecule is CC(O)C1CCN(CC(=O)NC(C)(C)C)CC1. The number of likely N-dealkylation sites (tertiary alicyclic amines) is 1. The number of nitrogens with zero attached hydrogens (tertiary/aromatic N) is 1. The lowest BCUT2D eigenvalue weighted by Gasteiger charge is -2.33. The molecule has 0 aromatic carbocycles. The van der Waals surface area contributed by atoms with Crippen LogP contribution < -0.4 is 5.32 Å². The van der Waals surface area contributed by atoms with Crippen molar-refractivity contribution in [3.05, 3.63) is 0 Å². The van der Waals surface area contributed by atoms with Gasteiger partial charge in [-0.1, -0.05) is 0 Å². The van der Waals surface area contributed by atoms with Crippen LogP contribution in [0.3, 0.4) is 0 Å². The van der Waals surface area contributed by atoms with Gasteiger partial charge in [-0.3, -0.25) is 9.69 Å². The molecule has 4 heteroatoms. The zero-order chi connectivity index (χ0) is 13.1. The molecule has 0 bridgehead atoms. The van der Waals surface area contributed by atoms with Gasteiger partial charge in [-0.25, -0.2) is 0 Å². The van der Waals surface area contributed by atoms with E-state index in [1.165, 1.54) is 0 Å². The molecule has 1 unspecified atom stereocenters. The predicted octanol–water partition coefficient (Wildman–Crippen LogP) is 0.994. The van der Waals surface area contributed by atoms with Crippen LogP contribution >= 0.6 is 0 Å². The van der Waals surface area contributed by atoms with Crippen LogP contribution in [0.4, 0.5) is 0 Å². The van der Waals surface area contributed by atoms with Crippen LogP contribution in [0.5, 0.6) is 0 Å². The van der Waals surface area contributed by atoms with E-state index >= 15 is 0 Å². The monoisotopic (exact) mass is 242 g/mol. The second kappa shape index (κ2) is 5.83. The van der Waals surface area contributed by atoms with Crippen LogP contribution in [-0.2, 0) is 4.79 Å². The molecule has 17 heavy (non-hydrogen) atoms. The Bertz CT molecular complexity index is 251. The quantitative estimate of drug-likeness (QED) is 0.776. The molecule has 0 aromatic heterocycles. The fraction of sp³-hybridized carbons (Fsp3) is 0.923. The summed E-state index contributed by atoms with van der Waals surface area (Å²) in [6.45, 7) is 10.1. The zero-order valence-electron chi connectivity index (χ0n) is 11.5. The summed E-state index contributed by atoms with van der Waals surface area (Å²) in [5.41, 5.74) is -0.158. The molecule has 1 atom stereocenters. The van der Waals surface area contributed by atoms with Crippen LogP contribution in [0.15, 0.2) is 0 Å². The smallest absolute Gasteiger partial charge is 0.234 e. The summed E-state index contributed by atoms with van der Waals surface area (Å²) >= 11 is 0. The number of aliphatic hydroxyl groups is 1. The summed E-state index contributed by atoms with van der Waals surface area (Å²) in [4.78, 5) is 13.9. The minimum atomic E-state index is -0.222. The molecule has 1 rings (SSSR count). The molecule has 0 aromatic rings. The van der Waals surface area contributed by atoms with E-state index in [9.17, 15) is 9.90 Å². The maximum atomic E-state index is 11.7. The van der Waals surface area contributed by atoms with Crippen LogP contribution in [0, 0.1) is 5.92 Å². The molecule has 1 fully saturated rings. The summed E-state index contributed by atoms with van der Waals surface area (Å²) < 4.78 is 0. The highest BCUT2D eigenvalue weighted by Gasteiger charge is 2.24. The van der Waals surface area contributed by atoms with Crippen LogP contribution in [0.1, 0.15) is 40.5 Å². The van der Waals surface area contributed by atoms with Gasteiger partial charge in [0.2, 0.25) is 5.91 Å². The second-order valence-electron chi connectivity index (χ2n) is 6.15. The van der Waals surface area contributed by atoms with Crippen molar-refractivity contribution in [1.82, 2.24) is 10.2 Å². The number of carbonyl (C=O) groups excluding carboxylic acids is 1. The average Bonchev–Trinajstić information content (AvgIpc) is 2.15. The number of rotatable bonds is 3. The molecule has 1 saturated heterocycles. The molecule has 0 aliphatic carbocycles. The van der Waals surface area contributed by atoms with Crippen LogP contribution in [0.25, 0.3) is 0 Å². The first-order valence-corrected chi connectivity index (χ1v) is 6.49. The van der Waals surface area contributed by atoms with Gasteiger partial charge in [0, 0.05) is 5.54 Å². The van der Waals surface area contributed by atoms with Crippen molar-refractivity contribution in [1.29, 1.82) is 0 Å². The number of hydrogen-bond acceptors (Lipinski definition) is 3. The number of carbonyl (C=O) groups is 1. The predicted molar refractivity (Wildman–Crippen MR) is 68.7 cm³/mol. The Labute approximate surface area is 104 Å². The Morgan fingerprint density at radius 2 is 1.94 bits per heavy atom. The fourth-order valence-electron chi connectivity index (χ4n) is 2.25. The number of aliphatic hydroxyl groups excluding tert-OH is 1. The minimum absolute atomic E-state index is 0.0907. The van der Waals surface area contributed by atoms with Crippen LogP contribution in [-0.4, -0.2) is 47.2 Å². The Kier molecular flexibility index (Phi) is 4.95. The molecule has 0 saturated carbocycles. The first-order valence-electron chi connectivity index (χ1n) is 6.49. The van der Waals surface area contributed by atoms with Crippen molar-refractivity contribution < 1.29 is 9.90 Å². The van der Waals surface area contributed by atoms with Crippen LogP contribution in [0.2, 0.25) is 0 Å². The summed E-state index contributed by atoms with van der Waals surface area (Å²) in [7, 11) is 0. The van der Waals surface area contributed by atoms with E-state index in [1.807, 2.05) is 27.7 Å². The first-order chi connectivity index (χ1) is 7.78. The summed E-state index contributed by atoms with van der Waals surface area (Å²) in [6, 6.07) is 0. The highest BCUT2D eigenvalue weighted by atomic mass is 16.3. The highest BCUT2D eigenvalue weighted by molar-refractivity contribution is 5.78. The van der Waals surface area contributed by atoms with Gasteiger partial charge >= 0.3 is 0 Å². The van der Waals surface area contributed by atoms with Crippen molar-refractivity contribution in [2.45, 2.75) is 52.2 Å². The summed E-state index contributed by atoms with van der Waals surface area (Å²) in [5.74, 6) is 0.491. The normalized spacial score (nSPS) is 21.2. The van der Waals surface area contributed by atoms with Crippen molar-refractivity contribution >= 4 is 5.91 Å². The molecule has 1 amide bonds. The molecule has 4 nitrogen and oxygen atoms in total. The average molecular weight is 242 g/mol. The standard InChI is InChI=1S/C13H26N2O2/c1-10(16)11-5-7-15(8-6-11)9-12(17)14-13(2,3)4/h10-11,16H,5-9H2,1-4H3,(H,14,17). The lowest BCUT2D eigenvalue weighted by Crippen LogP contribution is -2.48. The highest BCUT2D eigenvalue weighted by Crippen LogP contribution is 2.20. The molecule has 2 N–H and O–H groups in total. The Hall–Kier alpha value is -0.610. The Balaban J connectivity index is 2.29. The number of amides is 1. The maximum Gasteiger partial charge on any atom is 0.234 e. The van der Waals surface area contributed by atoms with Crippen molar-refractivity contribution in [3.63, 3.8) is 0 Å². The summed E-state index contributed by atoms with van der Waals surface area (Å²) in [5, 5.41) is 12.5. The first kappa shape index (κ1) is 14.5. The van der Waals surface area contributed by atoms with Crippen molar-refractivity contribution in [2.24, 2.45) is 5.92 Å². The van der Waals surface area contributed by atoms with Crippen molar-refractivity contribution in [2.75, 3.05) is 19.6 Å². The van der Waals surface area contributed by atoms with Gasteiger partial charge in [-0.15, -0.1) is 0 Å². The third-order valence-electron chi connectivity index (χ3n) is 3.20. The van der Waals surface area contributed by atoms with E-state index in [-0.39, 0.29) is 17.6 Å².